The van der Waals surface area contributed by atoms with E-state index in [1.54, 1.807) is 4.90 Å². The molecule has 2 atom stereocenters. The molecule has 30 heavy (non-hydrogen) atoms. The number of hydrogen-bond acceptors (Lipinski definition) is 5. The van der Waals surface area contributed by atoms with Crippen LogP contribution in [0.4, 0.5) is 10.5 Å². The van der Waals surface area contributed by atoms with Crippen LogP contribution in [-0.4, -0.2) is 30.3 Å². The summed E-state index contributed by atoms with van der Waals surface area (Å²) < 4.78 is 17.0. The fourth-order valence-corrected chi connectivity index (χ4v) is 3.53. The molecule has 1 aliphatic heterocycles. The fourth-order valence-electron chi connectivity index (χ4n) is 3.53. The van der Waals surface area contributed by atoms with Crippen LogP contribution in [0.5, 0.6) is 5.75 Å². The lowest BCUT2D eigenvalue weighted by Gasteiger charge is -2.25. The van der Waals surface area contributed by atoms with E-state index < -0.39 is 17.8 Å². The molecule has 3 rings (SSSR count). The van der Waals surface area contributed by atoms with Gasteiger partial charge in [0.15, 0.2) is 0 Å². The molecule has 1 amide bonds. The van der Waals surface area contributed by atoms with E-state index in [9.17, 15) is 9.59 Å². The number of amides is 1. The molecule has 2 aromatic carbocycles. The molecule has 0 aromatic heterocycles. The maximum absolute atomic E-state index is 12.8. The van der Waals surface area contributed by atoms with E-state index in [0.29, 0.717) is 18.9 Å². The first-order chi connectivity index (χ1) is 14.1. The van der Waals surface area contributed by atoms with Crippen molar-refractivity contribution in [3.05, 3.63) is 59.7 Å². The lowest BCUT2D eigenvalue weighted by atomic mass is 9.96. The Balaban J connectivity index is 1.86. The number of esters is 1. The first-order valence-corrected chi connectivity index (χ1v) is 10.1. The van der Waals surface area contributed by atoms with Crippen LogP contribution in [0, 0.1) is 0 Å². The molecule has 1 heterocycles. The SMILES string of the molecule is CC(=O)OC(C)C1CN(C(=O)OC(C)(C)C)c2ccc(OCc3ccccc3)cc21. The van der Waals surface area contributed by atoms with Gasteiger partial charge >= 0.3 is 12.1 Å². The summed E-state index contributed by atoms with van der Waals surface area (Å²) in [5, 5.41) is 0. The molecule has 0 fully saturated rings. The van der Waals surface area contributed by atoms with Crippen molar-refractivity contribution in [2.75, 3.05) is 11.4 Å². The average molecular weight is 411 g/mol. The van der Waals surface area contributed by atoms with Gasteiger partial charge < -0.3 is 14.2 Å². The molecule has 160 valence electrons. The average Bonchev–Trinajstić information content (AvgIpc) is 3.04. The topological polar surface area (TPSA) is 65.1 Å². The van der Waals surface area contributed by atoms with Crippen LogP contribution in [0.3, 0.4) is 0 Å². The third-order valence-electron chi connectivity index (χ3n) is 4.85. The predicted molar refractivity (Wildman–Crippen MR) is 115 cm³/mol. The monoisotopic (exact) mass is 411 g/mol. The number of ether oxygens (including phenoxy) is 3. The van der Waals surface area contributed by atoms with Crippen molar-refractivity contribution in [1.82, 2.24) is 0 Å². The van der Waals surface area contributed by atoms with E-state index in [0.717, 1.165) is 16.8 Å². The van der Waals surface area contributed by atoms with E-state index in [1.165, 1.54) is 6.92 Å². The second kappa shape index (κ2) is 8.78. The first-order valence-electron chi connectivity index (χ1n) is 10.1. The molecule has 6 heteroatoms. The summed E-state index contributed by atoms with van der Waals surface area (Å²) in [7, 11) is 0. The number of anilines is 1. The van der Waals surface area contributed by atoms with Crippen LogP contribution in [-0.2, 0) is 20.9 Å². The molecule has 0 bridgehead atoms. The van der Waals surface area contributed by atoms with Gasteiger partial charge in [-0.25, -0.2) is 4.79 Å². The van der Waals surface area contributed by atoms with E-state index >= 15 is 0 Å². The normalized spacial score (nSPS) is 16.6. The van der Waals surface area contributed by atoms with Crippen LogP contribution < -0.4 is 9.64 Å². The number of hydrogen-bond donors (Lipinski definition) is 0. The largest absolute Gasteiger partial charge is 0.489 e. The van der Waals surface area contributed by atoms with Crippen molar-refractivity contribution >= 4 is 17.7 Å². The highest BCUT2D eigenvalue weighted by atomic mass is 16.6. The molecule has 1 aliphatic rings. The third-order valence-corrected chi connectivity index (χ3v) is 4.85. The van der Waals surface area contributed by atoms with Crippen LogP contribution >= 0.6 is 0 Å². The quantitative estimate of drug-likeness (QED) is 0.644. The highest BCUT2D eigenvalue weighted by molar-refractivity contribution is 5.91. The molecular formula is C24H29NO5. The van der Waals surface area contributed by atoms with Crippen molar-refractivity contribution in [3.63, 3.8) is 0 Å². The summed E-state index contributed by atoms with van der Waals surface area (Å²) in [5.41, 5.74) is 2.12. The van der Waals surface area contributed by atoms with Crippen molar-refractivity contribution in [3.8, 4) is 5.75 Å². The van der Waals surface area contributed by atoms with E-state index in [2.05, 4.69) is 0 Å². The molecule has 0 saturated carbocycles. The summed E-state index contributed by atoms with van der Waals surface area (Å²) in [6, 6.07) is 15.5. The predicted octanol–water partition coefficient (Wildman–Crippen LogP) is 5.06. The zero-order valence-corrected chi connectivity index (χ0v) is 18.2. The van der Waals surface area contributed by atoms with Crippen LogP contribution in [0.15, 0.2) is 48.5 Å². The molecule has 0 spiro atoms. The van der Waals surface area contributed by atoms with Crippen LogP contribution in [0.1, 0.15) is 51.7 Å². The Morgan fingerprint density at radius 3 is 2.47 bits per heavy atom. The van der Waals surface area contributed by atoms with Crippen molar-refractivity contribution in [2.24, 2.45) is 0 Å². The molecule has 0 N–H and O–H groups in total. The third kappa shape index (κ3) is 5.32. The molecule has 0 radical (unpaired) electrons. The van der Waals surface area contributed by atoms with Crippen molar-refractivity contribution < 1.29 is 23.8 Å². The van der Waals surface area contributed by atoms with Gasteiger partial charge in [0.1, 0.15) is 24.1 Å². The lowest BCUT2D eigenvalue weighted by molar-refractivity contribution is -0.146. The standard InChI is InChI=1S/C24H29NO5/c1-16(29-17(2)26)21-14-25(23(27)30-24(3,4)5)22-12-11-19(13-20(21)22)28-15-18-9-7-6-8-10-18/h6-13,16,21H,14-15H2,1-5H3. The van der Waals surface area contributed by atoms with Gasteiger partial charge in [-0.05, 0) is 57.0 Å². The Morgan fingerprint density at radius 1 is 1.13 bits per heavy atom. The van der Waals surface area contributed by atoms with Crippen molar-refractivity contribution in [1.29, 1.82) is 0 Å². The van der Waals surface area contributed by atoms with Crippen LogP contribution in [0.25, 0.3) is 0 Å². The summed E-state index contributed by atoms with van der Waals surface area (Å²) in [6.07, 6.45) is -0.808. The minimum atomic E-state index is -0.602. The maximum atomic E-state index is 12.8. The van der Waals surface area contributed by atoms with Gasteiger partial charge in [-0.2, -0.15) is 0 Å². The minimum Gasteiger partial charge on any atom is -0.489 e. The van der Waals surface area contributed by atoms with Gasteiger partial charge in [-0.1, -0.05) is 30.3 Å². The maximum Gasteiger partial charge on any atom is 0.414 e. The molecule has 2 unspecified atom stereocenters. The van der Waals surface area contributed by atoms with E-state index in [-0.39, 0.29) is 11.9 Å². The number of rotatable bonds is 5. The molecule has 0 saturated heterocycles. The minimum absolute atomic E-state index is 0.170. The van der Waals surface area contributed by atoms with Gasteiger partial charge in [-0.15, -0.1) is 0 Å². The Morgan fingerprint density at radius 2 is 1.83 bits per heavy atom. The van der Waals surface area contributed by atoms with E-state index in [1.807, 2.05) is 76.2 Å². The Labute approximate surface area is 177 Å². The Hall–Kier alpha value is -3.02. The zero-order valence-electron chi connectivity index (χ0n) is 18.2. The molecule has 6 nitrogen and oxygen atoms in total. The summed E-state index contributed by atoms with van der Waals surface area (Å²) in [4.78, 5) is 25.9. The second-order valence-corrected chi connectivity index (χ2v) is 8.51. The Kier molecular flexibility index (Phi) is 6.34. The van der Waals surface area contributed by atoms with Gasteiger partial charge in [0.2, 0.25) is 0 Å². The highest BCUT2D eigenvalue weighted by Gasteiger charge is 2.38. The molecule has 0 aliphatic carbocycles. The number of carbonyl (C=O) groups is 2. The van der Waals surface area contributed by atoms with Gasteiger partial charge in [-0.3, -0.25) is 9.69 Å². The van der Waals surface area contributed by atoms with Gasteiger partial charge in [0, 0.05) is 19.4 Å². The van der Waals surface area contributed by atoms with Crippen molar-refractivity contribution in [2.45, 2.75) is 58.8 Å². The number of nitrogens with zero attached hydrogens (tertiary/aromatic N) is 1. The van der Waals surface area contributed by atoms with Gasteiger partial charge in [0.05, 0.1) is 5.69 Å². The smallest absolute Gasteiger partial charge is 0.414 e. The second-order valence-electron chi connectivity index (χ2n) is 8.51. The summed E-state index contributed by atoms with van der Waals surface area (Å²) >= 11 is 0. The fraction of sp³-hybridized carbons (Fsp3) is 0.417. The summed E-state index contributed by atoms with van der Waals surface area (Å²) in [6.45, 7) is 9.55. The number of carbonyl (C=O) groups excluding carboxylic acids is 2. The number of benzene rings is 2. The first kappa shape index (κ1) is 21.7. The molecule has 2 aromatic rings. The Bertz CT molecular complexity index is 904. The number of fused-ring (bicyclic) bond motifs is 1. The van der Waals surface area contributed by atoms with E-state index in [4.69, 9.17) is 14.2 Å². The van der Waals surface area contributed by atoms with Gasteiger partial charge in [0.25, 0.3) is 0 Å². The van der Waals surface area contributed by atoms with Crippen LogP contribution in [0.2, 0.25) is 0 Å². The lowest BCUT2D eigenvalue weighted by Crippen LogP contribution is -2.37. The molecular weight excluding hydrogens is 382 g/mol. The summed E-state index contributed by atoms with van der Waals surface area (Å²) in [5.74, 6) is 0.177. The highest BCUT2D eigenvalue weighted by Crippen LogP contribution is 2.41. The zero-order chi connectivity index (χ0) is 21.9.